The molecule has 3 aromatic carbocycles. The molecule has 4 N–H and O–H groups in total. The van der Waals surface area contributed by atoms with Crippen LogP contribution >= 0.6 is 11.3 Å². The minimum atomic E-state index is -0.552. The Bertz CT molecular complexity index is 1870. The summed E-state index contributed by atoms with van der Waals surface area (Å²) in [6.45, 7) is 6.08. The van der Waals surface area contributed by atoms with Crippen LogP contribution in [-0.4, -0.2) is 44.1 Å². The number of fused-ring (bicyclic) bond motifs is 2. The molecule has 9 nitrogen and oxygen atoms in total. The summed E-state index contributed by atoms with van der Waals surface area (Å²) in [4.78, 5) is 25.7. The van der Waals surface area contributed by atoms with Gasteiger partial charge in [0.05, 0.1) is 5.69 Å². The van der Waals surface area contributed by atoms with E-state index in [1.807, 2.05) is 51.1 Å². The van der Waals surface area contributed by atoms with Crippen molar-refractivity contribution in [2.75, 3.05) is 0 Å². The predicted molar refractivity (Wildman–Crippen MR) is 174 cm³/mol. The van der Waals surface area contributed by atoms with E-state index in [1.165, 1.54) is 11.3 Å². The van der Waals surface area contributed by atoms with Crippen LogP contribution in [0, 0.1) is 11.3 Å². The molecule has 0 spiro atoms. The van der Waals surface area contributed by atoms with Crippen LogP contribution < -0.4 is 11.1 Å². The normalized spacial score (nSPS) is 17.1. The lowest BCUT2D eigenvalue weighted by atomic mass is 9.83. The highest BCUT2D eigenvalue weighted by Crippen LogP contribution is 2.35. The van der Waals surface area contributed by atoms with Crippen molar-refractivity contribution >= 4 is 50.7 Å². The zero-order valence-electron chi connectivity index (χ0n) is 25.1. The van der Waals surface area contributed by atoms with Gasteiger partial charge in [0.25, 0.3) is 0 Å². The number of nitrogens with one attached hydrogen (secondary N) is 2. The zero-order chi connectivity index (χ0) is 31.0. The fourth-order valence-electron chi connectivity index (χ4n) is 5.95. The van der Waals surface area contributed by atoms with E-state index >= 15 is 0 Å². The number of carbonyl (C=O) groups is 2. The van der Waals surface area contributed by atoms with E-state index < -0.39 is 11.7 Å². The number of carbonyl (C=O) groups excluding carboxylic acids is 2. The monoisotopic (exact) mass is 608 g/mol. The van der Waals surface area contributed by atoms with Crippen LogP contribution in [0.1, 0.15) is 67.4 Å². The lowest BCUT2D eigenvalue weighted by molar-refractivity contribution is 0.0487. The second-order valence-electron chi connectivity index (χ2n) is 12.4. The SMILES string of the molecule is CC(C)(C)OC(=O)N[C@H]1CC[C@H](C(=O)c2nnc(-c3cc4ccc(C(=N)N)cc4n3Cc3cccc4ccccc34)s2)CC1. The number of hydrogen-bond donors (Lipinski definition) is 3. The number of amidine groups is 1. The van der Waals surface area contributed by atoms with Gasteiger partial charge in [-0.3, -0.25) is 10.2 Å². The van der Waals surface area contributed by atoms with Crippen LogP contribution in [0.5, 0.6) is 0 Å². The summed E-state index contributed by atoms with van der Waals surface area (Å²) in [5.74, 6) is -0.154. The lowest BCUT2D eigenvalue weighted by Gasteiger charge is -2.29. The first-order chi connectivity index (χ1) is 21.1. The first-order valence-corrected chi connectivity index (χ1v) is 15.7. The average molecular weight is 609 g/mol. The standard InChI is InChI=1S/C34H36N6O3S/c1-34(2,3)43-33(42)37-25-15-13-21(14-16-25)29(41)32-39-38-31(44-32)28-17-22-11-12-23(30(35)36)18-27(22)40(28)19-24-9-6-8-20-7-4-5-10-26(20)24/h4-12,17-18,21,25H,13-16,19H2,1-3H3,(H3,35,36)(H,37,42)/t21-,25-. The van der Waals surface area contributed by atoms with Crippen molar-refractivity contribution in [2.24, 2.45) is 11.7 Å². The fraction of sp³-hybridized carbons (Fsp3) is 0.324. The van der Waals surface area contributed by atoms with Crippen molar-refractivity contribution in [3.05, 3.63) is 82.9 Å². The van der Waals surface area contributed by atoms with E-state index in [2.05, 4.69) is 56.5 Å². The Morgan fingerprint density at radius 3 is 2.50 bits per heavy atom. The molecular formula is C34H36N6O3S. The number of ether oxygens (including phenoxy) is 1. The number of aromatic nitrogens is 3. The molecule has 0 aliphatic heterocycles. The predicted octanol–water partition coefficient (Wildman–Crippen LogP) is 6.91. The van der Waals surface area contributed by atoms with E-state index in [0.29, 0.717) is 47.8 Å². The maximum atomic E-state index is 13.5. The van der Waals surface area contributed by atoms with Crippen molar-refractivity contribution < 1.29 is 14.3 Å². The number of hydrogen-bond acceptors (Lipinski definition) is 7. The fourth-order valence-corrected chi connectivity index (χ4v) is 6.83. The van der Waals surface area contributed by atoms with Gasteiger partial charge in [-0.25, -0.2) is 4.79 Å². The van der Waals surface area contributed by atoms with E-state index in [1.54, 1.807) is 0 Å². The van der Waals surface area contributed by atoms with E-state index in [-0.39, 0.29) is 23.6 Å². The second kappa shape index (κ2) is 11.8. The summed E-state index contributed by atoms with van der Waals surface area (Å²) in [5.41, 5.74) is 8.88. The number of alkyl carbamates (subject to hydrolysis) is 1. The molecule has 2 aromatic heterocycles. The summed E-state index contributed by atoms with van der Waals surface area (Å²) < 4.78 is 7.56. The Balaban J connectivity index is 1.26. The van der Waals surface area contributed by atoms with Gasteiger partial charge in [-0.05, 0) is 74.9 Å². The quantitative estimate of drug-likeness (QED) is 0.104. The highest BCUT2D eigenvalue weighted by molar-refractivity contribution is 7.16. The van der Waals surface area contributed by atoms with E-state index in [9.17, 15) is 9.59 Å². The van der Waals surface area contributed by atoms with Gasteiger partial charge in [0, 0.05) is 35.0 Å². The van der Waals surface area contributed by atoms with Gasteiger partial charge in [-0.2, -0.15) is 0 Å². The molecule has 226 valence electrons. The van der Waals surface area contributed by atoms with Gasteiger partial charge in [0.1, 0.15) is 11.4 Å². The van der Waals surface area contributed by atoms with Crippen LogP contribution in [0.2, 0.25) is 0 Å². The molecule has 0 bridgehead atoms. The molecule has 0 unspecified atom stereocenters. The zero-order valence-corrected chi connectivity index (χ0v) is 25.9. The Kier molecular flexibility index (Phi) is 7.94. The van der Waals surface area contributed by atoms with Gasteiger partial charge >= 0.3 is 6.09 Å². The third kappa shape index (κ3) is 6.21. The molecule has 0 saturated heterocycles. The highest BCUT2D eigenvalue weighted by atomic mass is 32.1. The van der Waals surface area contributed by atoms with Crippen LogP contribution in [-0.2, 0) is 11.3 Å². The number of ketones is 1. The van der Waals surface area contributed by atoms with Crippen molar-refractivity contribution in [3.8, 4) is 10.7 Å². The van der Waals surface area contributed by atoms with Crippen molar-refractivity contribution in [1.29, 1.82) is 5.41 Å². The third-order valence-electron chi connectivity index (χ3n) is 8.10. The number of Topliss-reactive ketones (excluding diaryl/α,β-unsaturated/α-hetero) is 1. The Labute approximate surface area is 259 Å². The van der Waals surface area contributed by atoms with Gasteiger partial charge in [0.2, 0.25) is 0 Å². The van der Waals surface area contributed by atoms with Crippen molar-refractivity contribution in [1.82, 2.24) is 20.1 Å². The molecule has 5 aromatic rings. The molecule has 1 saturated carbocycles. The summed E-state index contributed by atoms with van der Waals surface area (Å²) in [5, 5.41) is 24.1. The molecule has 10 heteroatoms. The molecule has 1 aliphatic rings. The van der Waals surface area contributed by atoms with E-state index in [4.69, 9.17) is 15.9 Å². The number of benzene rings is 3. The Morgan fingerprint density at radius 1 is 1.00 bits per heavy atom. The number of nitrogens with two attached hydrogens (primary N) is 1. The maximum absolute atomic E-state index is 13.5. The molecule has 0 atom stereocenters. The first kappa shape index (κ1) is 29.5. The highest BCUT2D eigenvalue weighted by Gasteiger charge is 2.31. The average Bonchev–Trinajstić information content (AvgIpc) is 3.61. The van der Waals surface area contributed by atoms with Crippen molar-refractivity contribution in [2.45, 2.75) is 64.6 Å². The van der Waals surface area contributed by atoms with E-state index in [0.717, 1.165) is 32.9 Å². The smallest absolute Gasteiger partial charge is 0.407 e. The molecule has 0 radical (unpaired) electrons. The lowest BCUT2D eigenvalue weighted by Crippen LogP contribution is -2.41. The summed E-state index contributed by atoms with van der Waals surface area (Å²) in [7, 11) is 0. The summed E-state index contributed by atoms with van der Waals surface area (Å²) >= 11 is 1.31. The summed E-state index contributed by atoms with van der Waals surface area (Å²) in [6, 6.07) is 22.4. The topological polar surface area (TPSA) is 136 Å². The number of amides is 1. The maximum Gasteiger partial charge on any atom is 0.407 e. The van der Waals surface area contributed by atoms with Gasteiger partial charge in [-0.15, -0.1) is 10.2 Å². The van der Waals surface area contributed by atoms with Crippen LogP contribution in [0.25, 0.3) is 32.4 Å². The van der Waals surface area contributed by atoms with Crippen LogP contribution in [0.3, 0.4) is 0 Å². The number of nitrogens with zero attached hydrogens (tertiary/aromatic N) is 3. The number of rotatable bonds is 7. The minimum Gasteiger partial charge on any atom is -0.444 e. The molecule has 44 heavy (non-hydrogen) atoms. The second-order valence-corrected chi connectivity index (χ2v) is 13.4. The molecular weight excluding hydrogens is 572 g/mol. The third-order valence-corrected chi connectivity index (χ3v) is 9.06. The molecule has 1 amide bonds. The van der Waals surface area contributed by atoms with Gasteiger partial charge < -0.3 is 20.4 Å². The minimum absolute atomic E-state index is 0.0000449. The Morgan fingerprint density at radius 2 is 1.75 bits per heavy atom. The molecule has 1 fully saturated rings. The van der Waals surface area contributed by atoms with Crippen molar-refractivity contribution in [3.63, 3.8) is 0 Å². The summed E-state index contributed by atoms with van der Waals surface area (Å²) in [6.07, 6.45) is 2.33. The molecule has 2 heterocycles. The Hall–Kier alpha value is -4.57. The van der Waals surface area contributed by atoms with Crippen LogP contribution in [0.4, 0.5) is 4.79 Å². The van der Waals surface area contributed by atoms with Crippen LogP contribution in [0.15, 0.2) is 66.7 Å². The molecule has 6 rings (SSSR count). The molecule has 1 aliphatic carbocycles. The van der Waals surface area contributed by atoms with Gasteiger partial charge in [0.15, 0.2) is 15.8 Å². The van der Waals surface area contributed by atoms with Gasteiger partial charge in [-0.1, -0.05) is 65.9 Å². The number of nitrogen functional groups attached to an aromatic ring is 1. The largest absolute Gasteiger partial charge is 0.444 e. The first-order valence-electron chi connectivity index (χ1n) is 14.9.